The van der Waals surface area contributed by atoms with Gasteiger partial charge in [0.05, 0.1) is 6.61 Å². The lowest BCUT2D eigenvalue weighted by molar-refractivity contribution is -0.0709. The van der Waals surface area contributed by atoms with Gasteiger partial charge in [0.25, 0.3) is 0 Å². The molecule has 0 amide bonds. The molecule has 4 rings (SSSR count). The second-order valence-electron chi connectivity index (χ2n) is 8.61. The molecule has 3 aromatic carbocycles. The summed E-state index contributed by atoms with van der Waals surface area (Å²) in [5.74, 6) is 0.475. The average Bonchev–Trinajstić information content (AvgIpc) is 2.86. The lowest BCUT2D eigenvalue weighted by atomic mass is 9.84. The summed E-state index contributed by atoms with van der Waals surface area (Å²) >= 11 is 0. The highest BCUT2D eigenvalue weighted by Crippen LogP contribution is 2.31. The number of benzene rings is 3. The Labute approximate surface area is 190 Å². The molecule has 1 atom stereocenters. The van der Waals surface area contributed by atoms with Crippen molar-refractivity contribution < 1.29 is 9.94 Å². The first-order valence-corrected chi connectivity index (χ1v) is 11.4. The number of hydrogen-bond acceptors (Lipinski definition) is 5. The van der Waals surface area contributed by atoms with Gasteiger partial charge in [-0.25, -0.2) is 0 Å². The standard InChI is InChI=1S/C27H33N3O2/c28-26(27(31,24-12-6-2-7-13-24)25-14-8-3-9-15-25)29-32-21-23-16-18-30(19-17-23)20-22-10-4-1-5-11-22/h1-15,23,26,29,31H,16-21,28H2. The summed E-state index contributed by atoms with van der Waals surface area (Å²) in [4.78, 5) is 8.32. The zero-order valence-corrected chi connectivity index (χ0v) is 18.4. The van der Waals surface area contributed by atoms with Crippen molar-refractivity contribution in [2.45, 2.75) is 31.2 Å². The molecule has 1 aliphatic heterocycles. The number of likely N-dealkylation sites (tertiary alicyclic amines) is 1. The molecule has 1 aliphatic rings. The highest BCUT2D eigenvalue weighted by atomic mass is 16.6. The molecule has 5 heteroatoms. The van der Waals surface area contributed by atoms with Gasteiger partial charge in [-0.15, -0.1) is 0 Å². The Morgan fingerprint density at radius 1 is 0.875 bits per heavy atom. The number of nitrogens with zero attached hydrogens (tertiary/aromatic N) is 1. The first-order chi connectivity index (χ1) is 15.7. The van der Waals surface area contributed by atoms with Crippen LogP contribution in [-0.4, -0.2) is 35.9 Å². The van der Waals surface area contributed by atoms with Gasteiger partial charge in [-0.05, 0) is 48.5 Å². The monoisotopic (exact) mass is 431 g/mol. The predicted octanol–water partition coefficient (Wildman–Crippen LogP) is 3.64. The Morgan fingerprint density at radius 3 is 1.91 bits per heavy atom. The Kier molecular flexibility index (Phi) is 7.68. The number of nitrogens with two attached hydrogens (primary N) is 1. The molecule has 0 aromatic heterocycles. The van der Waals surface area contributed by atoms with Crippen molar-refractivity contribution in [1.82, 2.24) is 10.4 Å². The van der Waals surface area contributed by atoms with Crippen molar-refractivity contribution in [3.05, 3.63) is 108 Å². The van der Waals surface area contributed by atoms with E-state index in [1.165, 1.54) is 5.56 Å². The van der Waals surface area contributed by atoms with E-state index >= 15 is 0 Å². The third-order valence-corrected chi connectivity index (χ3v) is 6.36. The fraction of sp³-hybridized carbons (Fsp3) is 0.333. The maximum Gasteiger partial charge on any atom is 0.145 e. The topological polar surface area (TPSA) is 70.8 Å². The summed E-state index contributed by atoms with van der Waals surface area (Å²) in [6, 6.07) is 29.6. The molecule has 1 saturated heterocycles. The minimum absolute atomic E-state index is 0.475. The van der Waals surface area contributed by atoms with Crippen LogP contribution in [0.15, 0.2) is 91.0 Å². The molecule has 0 spiro atoms. The number of rotatable bonds is 9. The van der Waals surface area contributed by atoms with E-state index in [0.29, 0.717) is 12.5 Å². The van der Waals surface area contributed by atoms with E-state index in [4.69, 9.17) is 10.6 Å². The van der Waals surface area contributed by atoms with E-state index in [2.05, 4.69) is 40.7 Å². The van der Waals surface area contributed by atoms with E-state index in [1.807, 2.05) is 60.7 Å². The number of piperidine rings is 1. The van der Waals surface area contributed by atoms with Crippen molar-refractivity contribution in [2.75, 3.05) is 19.7 Å². The summed E-state index contributed by atoms with van der Waals surface area (Å²) in [6.07, 6.45) is 1.36. The van der Waals surface area contributed by atoms with E-state index in [0.717, 1.165) is 43.6 Å². The van der Waals surface area contributed by atoms with Crippen molar-refractivity contribution in [3.8, 4) is 0 Å². The van der Waals surface area contributed by atoms with Crippen LogP contribution in [0.3, 0.4) is 0 Å². The maximum absolute atomic E-state index is 11.7. The molecular formula is C27H33N3O2. The molecule has 32 heavy (non-hydrogen) atoms. The third kappa shape index (κ3) is 5.44. The SMILES string of the molecule is NC(NOCC1CCN(Cc2ccccc2)CC1)C(O)(c1ccccc1)c1ccccc1. The lowest BCUT2D eigenvalue weighted by Gasteiger charge is -2.36. The molecule has 0 aliphatic carbocycles. The fourth-order valence-electron chi connectivity index (χ4n) is 4.40. The van der Waals surface area contributed by atoms with Crippen LogP contribution in [-0.2, 0) is 17.0 Å². The molecule has 168 valence electrons. The summed E-state index contributed by atoms with van der Waals surface area (Å²) in [7, 11) is 0. The minimum atomic E-state index is -1.40. The molecule has 4 N–H and O–H groups in total. The van der Waals surface area contributed by atoms with Crippen LogP contribution in [0.4, 0.5) is 0 Å². The molecule has 3 aromatic rings. The van der Waals surface area contributed by atoms with Gasteiger partial charge in [0.1, 0.15) is 11.8 Å². The van der Waals surface area contributed by atoms with Gasteiger partial charge in [-0.1, -0.05) is 91.0 Å². The molecule has 1 unspecified atom stereocenters. The second-order valence-corrected chi connectivity index (χ2v) is 8.61. The summed E-state index contributed by atoms with van der Waals surface area (Å²) in [5, 5.41) is 11.7. The Morgan fingerprint density at radius 2 is 1.38 bits per heavy atom. The second kappa shape index (κ2) is 10.9. The van der Waals surface area contributed by atoms with Crippen LogP contribution in [0.25, 0.3) is 0 Å². The number of hydroxylamine groups is 1. The van der Waals surface area contributed by atoms with E-state index < -0.39 is 11.8 Å². The Hall–Kier alpha value is -2.54. The van der Waals surface area contributed by atoms with Gasteiger partial charge in [-0.3, -0.25) is 9.74 Å². The average molecular weight is 432 g/mol. The third-order valence-electron chi connectivity index (χ3n) is 6.36. The van der Waals surface area contributed by atoms with Crippen LogP contribution in [0.2, 0.25) is 0 Å². The van der Waals surface area contributed by atoms with Crippen molar-refractivity contribution >= 4 is 0 Å². The minimum Gasteiger partial charge on any atom is -0.377 e. The van der Waals surface area contributed by atoms with Crippen LogP contribution in [0.5, 0.6) is 0 Å². The Balaban J connectivity index is 1.30. The quantitative estimate of drug-likeness (QED) is 0.356. The summed E-state index contributed by atoms with van der Waals surface area (Å²) in [5.41, 5.74) is 10.8. The molecule has 0 bridgehead atoms. The van der Waals surface area contributed by atoms with Crippen LogP contribution in [0.1, 0.15) is 29.5 Å². The fourth-order valence-corrected chi connectivity index (χ4v) is 4.40. The lowest BCUT2D eigenvalue weighted by Crippen LogP contribution is -2.55. The Bertz CT molecular complexity index is 889. The summed E-state index contributed by atoms with van der Waals surface area (Å²) in [6.45, 7) is 3.70. The smallest absolute Gasteiger partial charge is 0.145 e. The van der Waals surface area contributed by atoms with Gasteiger partial charge in [0.2, 0.25) is 0 Å². The largest absolute Gasteiger partial charge is 0.377 e. The molecule has 5 nitrogen and oxygen atoms in total. The van der Waals surface area contributed by atoms with Gasteiger partial charge in [0.15, 0.2) is 0 Å². The summed E-state index contributed by atoms with van der Waals surface area (Å²) < 4.78 is 0. The zero-order valence-electron chi connectivity index (χ0n) is 18.4. The van der Waals surface area contributed by atoms with Crippen LogP contribution in [0, 0.1) is 5.92 Å². The first kappa shape index (κ1) is 22.6. The molecule has 0 saturated carbocycles. The van der Waals surface area contributed by atoms with Crippen LogP contribution >= 0.6 is 0 Å². The predicted molar refractivity (Wildman–Crippen MR) is 127 cm³/mol. The molecule has 1 fully saturated rings. The zero-order chi connectivity index (χ0) is 22.2. The molecule has 1 heterocycles. The highest BCUT2D eigenvalue weighted by molar-refractivity contribution is 5.37. The number of nitrogens with one attached hydrogen (secondary N) is 1. The number of hydrogen-bond donors (Lipinski definition) is 3. The van der Waals surface area contributed by atoms with Crippen molar-refractivity contribution in [2.24, 2.45) is 11.7 Å². The van der Waals surface area contributed by atoms with Gasteiger partial charge >= 0.3 is 0 Å². The van der Waals surface area contributed by atoms with E-state index in [9.17, 15) is 5.11 Å². The van der Waals surface area contributed by atoms with E-state index in [1.54, 1.807) is 0 Å². The van der Waals surface area contributed by atoms with E-state index in [-0.39, 0.29) is 0 Å². The molecule has 0 radical (unpaired) electrons. The normalized spacial score (nSPS) is 16.7. The maximum atomic E-state index is 11.7. The number of aliphatic hydroxyl groups is 1. The highest BCUT2D eigenvalue weighted by Gasteiger charge is 2.38. The van der Waals surface area contributed by atoms with Gasteiger partial charge < -0.3 is 10.8 Å². The van der Waals surface area contributed by atoms with Crippen LogP contribution < -0.4 is 11.2 Å². The van der Waals surface area contributed by atoms with Crippen molar-refractivity contribution in [1.29, 1.82) is 0 Å². The van der Waals surface area contributed by atoms with Gasteiger partial charge in [0, 0.05) is 6.54 Å². The van der Waals surface area contributed by atoms with Gasteiger partial charge in [-0.2, -0.15) is 5.48 Å². The molecular weight excluding hydrogens is 398 g/mol. The first-order valence-electron chi connectivity index (χ1n) is 11.4. The van der Waals surface area contributed by atoms with Crippen molar-refractivity contribution in [3.63, 3.8) is 0 Å².